The highest BCUT2D eigenvalue weighted by atomic mass is 35.5. The fourth-order valence-electron chi connectivity index (χ4n) is 2.73. The number of halogens is 2. The number of pyridine rings is 1. The summed E-state index contributed by atoms with van der Waals surface area (Å²) in [5.74, 6) is 0.573. The highest BCUT2D eigenvalue weighted by molar-refractivity contribution is 6.37. The molecule has 0 aliphatic heterocycles. The lowest BCUT2D eigenvalue weighted by Gasteiger charge is -2.15. The van der Waals surface area contributed by atoms with Crippen molar-refractivity contribution in [3.8, 4) is 5.75 Å². The number of hydrogen-bond acceptors (Lipinski definition) is 4. The largest absolute Gasteiger partial charge is 0.493 e. The number of unbranched alkanes of at least 4 members (excludes halogenated alkanes) is 2. The van der Waals surface area contributed by atoms with Gasteiger partial charge in [-0.15, -0.1) is 0 Å². The van der Waals surface area contributed by atoms with Crippen molar-refractivity contribution in [1.82, 2.24) is 4.98 Å². The molecule has 5 nitrogen and oxygen atoms in total. The van der Waals surface area contributed by atoms with Crippen molar-refractivity contribution >= 4 is 28.9 Å². The third-order valence-electron chi connectivity index (χ3n) is 4.26. The SMILES string of the molecule is CCCCCOc1cc[nH]c(=O)c1Cc1c(Cl)ccc(NCCCN)c1Cl. The average molecular weight is 412 g/mol. The lowest BCUT2D eigenvalue weighted by molar-refractivity contribution is 0.303. The average Bonchev–Trinajstić information content (AvgIpc) is 2.66. The van der Waals surface area contributed by atoms with Gasteiger partial charge >= 0.3 is 0 Å². The number of aromatic amines is 1. The van der Waals surface area contributed by atoms with E-state index in [9.17, 15) is 4.79 Å². The first-order chi connectivity index (χ1) is 13.1. The molecule has 1 aromatic carbocycles. The Morgan fingerprint density at radius 2 is 1.96 bits per heavy atom. The number of nitrogens with one attached hydrogen (secondary N) is 2. The Hall–Kier alpha value is -1.69. The molecule has 0 aliphatic carbocycles. The van der Waals surface area contributed by atoms with Gasteiger partial charge in [0.1, 0.15) is 5.75 Å². The first kappa shape index (κ1) is 21.6. The third-order valence-corrected chi connectivity index (χ3v) is 5.05. The summed E-state index contributed by atoms with van der Waals surface area (Å²) < 4.78 is 5.85. The third kappa shape index (κ3) is 6.16. The van der Waals surface area contributed by atoms with Crippen LogP contribution >= 0.6 is 23.2 Å². The van der Waals surface area contributed by atoms with Crippen molar-refractivity contribution in [2.45, 2.75) is 39.0 Å². The molecule has 0 bridgehead atoms. The maximum atomic E-state index is 12.4. The summed E-state index contributed by atoms with van der Waals surface area (Å²) in [7, 11) is 0. The fraction of sp³-hybridized carbons (Fsp3) is 0.450. The molecular weight excluding hydrogens is 385 g/mol. The van der Waals surface area contributed by atoms with Gasteiger partial charge in [0.15, 0.2) is 0 Å². The molecule has 1 aromatic heterocycles. The lowest BCUT2D eigenvalue weighted by Crippen LogP contribution is -2.15. The molecule has 0 spiro atoms. The molecule has 4 N–H and O–H groups in total. The van der Waals surface area contributed by atoms with Crippen LogP contribution in [0.5, 0.6) is 5.75 Å². The van der Waals surface area contributed by atoms with Crippen LogP contribution in [0.4, 0.5) is 5.69 Å². The molecule has 0 saturated carbocycles. The molecule has 0 aliphatic rings. The molecule has 0 radical (unpaired) electrons. The second-order valence-electron chi connectivity index (χ2n) is 6.34. The van der Waals surface area contributed by atoms with Gasteiger partial charge in [0, 0.05) is 24.2 Å². The Morgan fingerprint density at radius 3 is 2.70 bits per heavy atom. The minimum atomic E-state index is -0.198. The summed E-state index contributed by atoms with van der Waals surface area (Å²) in [6.45, 7) is 4.03. The summed E-state index contributed by atoms with van der Waals surface area (Å²) >= 11 is 12.9. The van der Waals surface area contributed by atoms with Gasteiger partial charge in [-0.2, -0.15) is 0 Å². The number of anilines is 1. The second-order valence-corrected chi connectivity index (χ2v) is 7.12. The van der Waals surface area contributed by atoms with Crippen molar-refractivity contribution in [1.29, 1.82) is 0 Å². The predicted octanol–water partition coefficient (Wildman–Crippen LogP) is 4.60. The molecule has 0 saturated heterocycles. The van der Waals surface area contributed by atoms with E-state index in [4.69, 9.17) is 33.7 Å². The van der Waals surface area contributed by atoms with Gasteiger partial charge < -0.3 is 20.8 Å². The predicted molar refractivity (Wildman–Crippen MR) is 114 cm³/mol. The van der Waals surface area contributed by atoms with Gasteiger partial charge in [-0.05, 0) is 43.1 Å². The van der Waals surface area contributed by atoms with Gasteiger partial charge in [-0.25, -0.2) is 0 Å². The number of rotatable bonds is 11. The number of hydrogen-bond donors (Lipinski definition) is 3. The molecule has 2 rings (SSSR count). The molecule has 0 amide bonds. The zero-order chi connectivity index (χ0) is 19.6. The maximum Gasteiger partial charge on any atom is 0.255 e. The Bertz CT molecular complexity index is 793. The van der Waals surface area contributed by atoms with Gasteiger partial charge in [0.05, 0.1) is 22.9 Å². The van der Waals surface area contributed by atoms with Crippen molar-refractivity contribution in [3.05, 3.63) is 55.9 Å². The number of H-pyrrole nitrogens is 1. The number of ether oxygens (including phenoxy) is 1. The van der Waals surface area contributed by atoms with Crippen molar-refractivity contribution in [2.24, 2.45) is 5.73 Å². The van der Waals surface area contributed by atoms with Gasteiger partial charge in [0.25, 0.3) is 5.56 Å². The Labute approximate surface area is 170 Å². The molecule has 2 aromatic rings. The molecule has 0 fully saturated rings. The van der Waals surface area contributed by atoms with Crippen LogP contribution in [-0.4, -0.2) is 24.7 Å². The Balaban J connectivity index is 2.25. The van der Waals surface area contributed by atoms with Crippen LogP contribution in [0.2, 0.25) is 10.0 Å². The van der Waals surface area contributed by atoms with Crippen LogP contribution in [0.25, 0.3) is 0 Å². The summed E-state index contributed by atoms with van der Waals surface area (Å²) in [4.78, 5) is 15.1. The topological polar surface area (TPSA) is 80.1 Å². The Morgan fingerprint density at radius 1 is 1.15 bits per heavy atom. The number of benzene rings is 1. The zero-order valence-corrected chi connectivity index (χ0v) is 17.1. The van der Waals surface area contributed by atoms with Crippen LogP contribution in [-0.2, 0) is 6.42 Å². The van der Waals surface area contributed by atoms with E-state index in [1.165, 1.54) is 0 Å². The molecule has 148 valence electrons. The van der Waals surface area contributed by atoms with Gasteiger partial charge in [-0.3, -0.25) is 4.79 Å². The highest BCUT2D eigenvalue weighted by Crippen LogP contribution is 2.34. The molecule has 0 atom stereocenters. The maximum absolute atomic E-state index is 12.4. The summed E-state index contributed by atoms with van der Waals surface area (Å²) in [6.07, 6.45) is 5.87. The van der Waals surface area contributed by atoms with Crippen LogP contribution < -0.4 is 21.3 Å². The molecular formula is C20H27Cl2N3O2. The van der Waals surface area contributed by atoms with E-state index in [-0.39, 0.29) is 5.56 Å². The summed E-state index contributed by atoms with van der Waals surface area (Å²) in [5, 5.41) is 4.29. The van der Waals surface area contributed by atoms with E-state index in [1.54, 1.807) is 18.3 Å². The molecule has 7 heteroatoms. The minimum absolute atomic E-state index is 0.198. The van der Waals surface area contributed by atoms with Crippen LogP contribution in [0.1, 0.15) is 43.7 Å². The standard InChI is InChI=1S/C20H27Cl2N3O2/c1-2-3-4-12-27-18-8-11-25-20(26)15(18)13-14-16(21)6-7-17(19(14)22)24-10-5-9-23/h6-8,11,24H,2-5,9-10,12-13,23H2,1H3,(H,25,26). The van der Waals surface area contributed by atoms with E-state index in [0.717, 1.165) is 37.9 Å². The minimum Gasteiger partial charge on any atom is -0.493 e. The first-order valence-electron chi connectivity index (χ1n) is 9.32. The highest BCUT2D eigenvalue weighted by Gasteiger charge is 2.16. The normalized spacial score (nSPS) is 10.8. The van der Waals surface area contributed by atoms with Crippen LogP contribution in [0, 0.1) is 0 Å². The summed E-state index contributed by atoms with van der Waals surface area (Å²) in [5.41, 5.74) is 7.34. The van der Waals surface area contributed by atoms with E-state index >= 15 is 0 Å². The van der Waals surface area contributed by atoms with Crippen molar-refractivity contribution < 1.29 is 4.74 Å². The zero-order valence-electron chi connectivity index (χ0n) is 15.6. The van der Waals surface area contributed by atoms with Crippen molar-refractivity contribution in [3.63, 3.8) is 0 Å². The van der Waals surface area contributed by atoms with Crippen LogP contribution in [0.15, 0.2) is 29.2 Å². The summed E-state index contributed by atoms with van der Waals surface area (Å²) in [6, 6.07) is 5.39. The lowest BCUT2D eigenvalue weighted by atomic mass is 10.0. The molecule has 1 heterocycles. The van der Waals surface area contributed by atoms with Gasteiger partial charge in [-0.1, -0.05) is 43.0 Å². The molecule has 0 unspecified atom stereocenters. The Kier molecular flexibility index (Phi) is 8.98. The quantitative estimate of drug-likeness (QED) is 0.471. The first-order valence-corrected chi connectivity index (χ1v) is 10.1. The van der Waals surface area contributed by atoms with E-state index < -0.39 is 0 Å². The van der Waals surface area contributed by atoms with Crippen LogP contribution in [0.3, 0.4) is 0 Å². The number of aromatic nitrogens is 1. The van der Waals surface area contributed by atoms with E-state index in [0.29, 0.717) is 46.5 Å². The van der Waals surface area contributed by atoms with Crippen molar-refractivity contribution in [2.75, 3.05) is 25.0 Å². The fourth-order valence-corrected chi connectivity index (χ4v) is 3.30. The molecule has 27 heavy (non-hydrogen) atoms. The van der Waals surface area contributed by atoms with Gasteiger partial charge in [0.2, 0.25) is 0 Å². The monoisotopic (exact) mass is 411 g/mol. The van der Waals surface area contributed by atoms with E-state index in [1.807, 2.05) is 6.07 Å². The smallest absolute Gasteiger partial charge is 0.255 e. The second kappa shape index (κ2) is 11.2. The van der Waals surface area contributed by atoms with E-state index in [2.05, 4.69) is 17.2 Å². The number of nitrogens with two attached hydrogens (primary N) is 1.